The van der Waals surface area contributed by atoms with E-state index in [1.54, 1.807) is 11.3 Å². The molecule has 1 saturated heterocycles. The van der Waals surface area contributed by atoms with E-state index in [-0.39, 0.29) is 11.9 Å². The molecule has 0 bridgehead atoms. The quantitative estimate of drug-likeness (QED) is 0.561. The van der Waals surface area contributed by atoms with E-state index in [1.165, 1.54) is 0 Å². The minimum absolute atomic E-state index is 0.0723. The molecule has 0 spiro atoms. The number of likely N-dealkylation sites (tertiary alicyclic amines) is 1. The molecule has 1 amide bonds. The Morgan fingerprint density at radius 2 is 2.00 bits per heavy atom. The number of nitrogens with zero attached hydrogens (tertiary/aromatic N) is 3. The van der Waals surface area contributed by atoms with Crippen molar-refractivity contribution in [1.29, 1.82) is 0 Å². The lowest BCUT2D eigenvalue weighted by Crippen LogP contribution is -2.30. The van der Waals surface area contributed by atoms with E-state index in [2.05, 4.69) is 35.8 Å². The van der Waals surface area contributed by atoms with Gasteiger partial charge < -0.3 is 14.4 Å². The Labute approximate surface area is 186 Å². The maximum Gasteiger partial charge on any atom is 0.264 e. The predicted octanol–water partition coefficient (Wildman–Crippen LogP) is 5.20. The number of hydrogen-bond acceptors (Lipinski definition) is 5. The van der Waals surface area contributed by atoms with Crippen LogP contribution in [0, 0.1) is 12.8 Å². The maximum atomic E-state index is 13.5. The van der Waals surface area contributed by atoms with Crippen molar-refractivity contribution >= 4 is 27.5 Å². The zero-order chi connectivity index (χ0) is 21.5. The molecule has 2 aliphatic heterocycles. The normalized spacial score (nSPS) is 18.7. The van der Waals surface area contributed by atoms with Crippen LogP contribution in [0.15, 0.2) is 24.3 Å². The molecule has 6 nitrogen and oxygen atoms in total. The second kappa shape index (κ2) is 8.19. The van der Waals surface area contributed by atoms with E-state index in [0.717, 1.165) is 70.2 Å². The number of rotatable bonds is 4. The Bertz CT molecular complexity index is 1120. The van der Waals surface area contributed by atoms with Gasteiger partial charge in [0.05, 0.1) is 29.8 Å². The van der Waals surface area contributed by atoms with Gasteiger partial charge in [-0.05, 0) is 49.4 Å². The molecule has 1 fully saturated rings. The first-order chi connectivity index (χ1) is 15.0. The number of carbonyl (C=O) groups is 1. The number of carbonyl (C=O) groups excluding carboxylic acids is 1. The van der Waals surface area contributed by atoms with Crippen LogP contribution in [0.25, 0.3) is 10.2 Å². The third-order valence-corrected chi connectivity index (χ3v) is 7.16. The van der Waals surface area contributed by atoms with Crippen LogP contribution in [-0.4, -0.2) is 40.3 Å². The highest BCUT2D eigenvalue weighted by Gasteiger charge is 2.32. The van der Waals surface area contributed by atoms with Gasteiger partial charge in [0.15, 0.2) is 11.5 Å². The summed E-state index contributed by atoms with van der Waals surface area (Å²) in [4.78, 5) is 17.5. The van der Waals surface area contributed by atoms with Crippen LogP contribution in [0.2, 0.25) is 0 Å². The SMILES string of the molecule is Cc1nn(CC(C)C)c2sc(C(=O)N3CCCC3c3ccc4c(c3)OCCCO4)cc12. The summed E-state index contributed by atoms with van der Waals surface area (Å²) in [5.74, 6) is 2.21. The molecule has 0 radical (unpaired) electrons. The second-order valence-electron chi connectivity index (χ2n) is 8.90. The first-order valence-corrected chi connectivity index (χ1v) is 12.0. The fourth-order valence-electron chi connectivity index (χ4n) is 4.57. The summed E-state index contributed by atoms with van der Waals surface area (Å²) in [6.07, 6.45) is 2.87. The molecule has 1 unspecified atom stereocenters. The first kappa shape index (κ1) is 20.4. The number of aryl methyl sites for hydroxylation is 1. The van der Waals surface area contributed by atoms with Gasteiger partial charge in [-0.3, -0.25) is 9.48 Å². The summed E-state index contributed by atoms with van der Waals surface area (Å²) in [5, 5.41) is 5.77. The minimum atomic E-state index is 0.0723. The van der Waals surface area contributed by atoms with Crippen LogP contribution in [0.1, 0.15) is 60.1 Å². The smallest absolute Gasteiger partial charge is 0.264 e. The fourth-order valence-corrected chi connectivity index (χ4v) is 5.70. The summed E-state index contributed by atoms with van der Waals surface area (Å²) in [7, 11) is 0. The van der Waals surface area contributed by atoms with Crippen LogP contribution in [0.4, 0.5) is 0 Å². The largest absolute Gasteiger partial charge is 0.490 e. The molecule has 2 aliphatic rings. The lowest BCUT2D eigenvalue weighted by Gasteiger charge is -2.25. The number of amides is 1. The van der Waals surface area contributed by atoms with Gasteiger partial charge in [0.25, 0.3) is 5.91 Å². The molecule has 3 aromatic rings. The highest BCUT2D eigenvalue weighted by Crippen LogP contribution is 2.39. The second-order valence-corrected chi connectivity index (χ2v) is 9.93. The Balaban J connectivity index is 1.43. The molecule has 2 aromatic heterocycles. The van der Waals surface area contributed by atoms with Gasteiger partial charge in [0.1, 0.15) is 4.83 Å². The van der Waals surface area contributed by atoms with Crippen LogP contribution in [0.3, 0.4) is 0 Å². The van der Waals surface area contributed by atoms with Crippen molar-refractivity contribution < 1.29 is 14.3 Å². The Morgan fingerprint density at radius 1 is 1.19 bits per heavy atom. The number of fused-ring (bicyclic) bond motifs is 2. The lowest BCUT2D eigenvalue weighted by molar-refractivity contribution is 0.0740. The minimum Gasteiger partial charge on any atom is -0.490 e. The standard InChI is InChI=1S/C24H29N3O3S/c1-15(2)14-27-24-18(16(3)25-27)13-22(31-24)23(28)26-9-4-6-19(26)17-7-8-20-21(12-17)30-11-5-10-29-20/h7-8,12-13,15,19H,4-6,9-11,14H2,1-3H3. The number of hydrogen-bond donors (Lipinski definition) is 0. The van der Waals surface area contributed by atoms with Crippen molar-refractivity contribution in [2.45, 2.75) is 52.6 Å². The van der Waals surface area contributed by atoms with Gasteiger partial charge in [0.2, 0.25) is 0 Å². The van der Waals surface area contributed by atoms with E-state index in [9.17, 15) is 4.79 Å². The van der Waals surface area contributed by atoms with E-state index in [1.807, 2.05) is 24.0 Å². The van der Waals surface area contributed by atoms with Gasteiger partial charge in [-0.2, -0.15) is 5.10 Å². The number of ether oxygens (including phenoxy) is 2. The molecule has 164 valence electrons. The Morgan fingerprint density at radius 3 is 2.81 bits per heavy atom. The maximum absolute atomic E-state index is 13.5. The van der Waals surface area contributed by atoms with Crippen LogP contribution in [-0.2, 0) is 6.54 Å². The third-order valence-electron chi connectivity index (χ3n) is 6.03. The molecule has 0 saturated carbocycles. The van der Waals surface area contributed by atoms with Gasteiger partial charge in [-0.1, -0.05) is 19.9 Å². The highest BCUT2D eigenvalue weighted by atomic mass is 32.1. The van der Waals surface area contributed by atoms with Crippen LogP contribution >= 0.6 is 11.3 Å². The van der Waals surface area contributed by atoms with E-state index in [0.29, 0.717) is 19.1 Å². The van der Waals surface area contributed by atoms with Gasteiger partial charge in [-0.25, -0.2) is 0 Å². The molecule has 4 heterocycles. The third kappa shape index (κ3) is 3.80. The summed E-state index contributed by atoms with van der Waals surface area (Å²) in [6.45, 7) is 9.39. The predicted molar refractivity (Wildman–Crippen MR) is 122 cm³/mol. The average Bonchev–Trinajstić information content (AvgIpc) is 3.41. The monoisotopic (exact) mass is 439 g/mol. The number of aromatic nitrogens is 2. The number of benzene rings is 1. The molecule has 1 atom stereocenters. The fraction of sp³-hybridized carbons (Fsp3) is 0.500. The summed E-state index contributed by atoms with van der Waals surface area (Å²) >= 11 is 1.57. The van der Waals surface area contributed by atoms with Crippen molar-refractivity contribution in [1.82, 2.24) is 14.7 Å². The van der Waals surface area contributed by atoms with Crippen molar-refractivity contribution in [2.24, 2.45) is 5.92 Å². The molecule has 7 heteroatoms. The zero-order valence-corrected chi connectivity index (χ0v) is 19.2. The summed E-state index contributed by atoms with van der Waals surface area (Å²) < 4.78 is 13.7. The van der Waals surface area contributed by atoms with E-state index in [4.69, 9.17) is 9.47 Å². The molecule has 0 aliphatic carbocycles. The molecule has 31 heavy (non-hydrogen) atoms. The molecular formula is C24H29N3O3S. The Hall–Kier alpha value is -2.54. The van der Waals surface area contributed by atoms with Crippen LogP contribution in [0.5, 0.6) is 11.5 Å². The van der Waals surface area contributed by atoms with Crippen molar-refractivity contribution in [3.8, 4) is 11.5 Å². The Kier molecular flexibility index (Phi) is 5.38. The van der Waals surface area contributed by atoms with Crippen molar-refractivity contribution in [3.63, 3.8) is 0 Å². The highest BCUT2D eigenvalue weighted by molar-refractivity contribution is 7.20. The van der Waals surface area contributed by atoms with Crippen molar-refractivity contribution in [3.05, 3.63) is 40.4 Å². The van der Waals surface area contributed by atoms with Crippen molar-refractivity contribution in [2.75, 3.05) is 19.8 Å². The molecule has 0 N–H and O–H groups in total. The van der Waals surface area contributed by atoms with Gasteiger partial charge in [-0.15, -0.1) is 11.3 Å². The lowest BCUT2D eigenvalue weighted by atomic mass is 10.0. The molecule has 5 rings (SSSR count). The summed E-state index contributed by atoms with van der Waals surface area (Å²) in [5.41, 5.74) is 2.12. The van der Waals surface area contributed by atoms with Gasteiger partial charge in [0, 0.05) is 24.9 Å². The number of thiophene rings is 1. The zero-order valence-electron chi connectivity index (χ0n) is 18.4. The van der Waals surface area contributed by atoms with E-state index < -0.39 is 0 Å². The summed E-state index contributed by atoms with van der Waals surface area (Å²) in [6, 6.07) is 8.24. The topological polar surface area (TPSA) is 56.6 Å². The van der Waals surface area contributed by atoms with E-state index >= 15 is 0 Å². The van der Waals surface area contributed by atoms with Crippen LogP contribution < -0.4 is 9.47 Å². The van der Waals surface area contributed by atoms with Gasteiger partial charge >= 0.3 is 0 Å². The molecule has 1 aromatic carbocycles. The average molecular weight is 440 g/mol. The first-order valence-electron chi connectivity index (χ1n) is 11.2. The molecular weight excluding hydrogens is 410 g/mol.